The summed E-state index contributed by atoms with van der Waals surface area (Å²) in [7, 11) is 0. The van der Waals surface area contributed by atoms with Crippen LogP contribution < -0.4 is 0 Å². The highest BCUT2D eigenvalue weighted by atomic mass is 35.5. The molecule has 0 aromatic heterocycles. The van der Waals surface area contributed by atoms with E-state index in [0.717, 1.165) is 17.1 Å². The Morgan fingerprint density at radius 2 is 1.92 bits per heavy atom. The Hall–Kier alpha value is -1.36. The summed E-state index contributed by atoms with van der Waals surface area (Å²) in [5.41, 5.74) is 0. The van der Waals surface area contributed by atoms with Crippen molar-refractivity contribution >= 4 is 29.6 Å². The van der Waals surface area contributed by atoms with Crippen molar-refractivity contribution in [3.63, 3.8) is 0 Å². The van der Waals surface area contributed by atoms with E-state index in [1.807, 2.05) is 0 Å². The lowest BCUT2D eigenvalue weighted by Gasteiger charge is -2.11. The first-order chi connectivity index (χ1) is 6.15. The maximum absolute atomic E-state index is 10.9. The third kappa shape index (κ3) is 2.29. The van der Waals surface area contributed by atoms with Crippen molar-refractivity contribution in [1.29, 1.82) is 0 Å². The lowest BCUT2D eigenvalue weighted by molar-refractivity contribution is -0.138. The Kier molecular flexibility index (Phi) is 3.02. The molecule has 2 amide bonds. The number of hydrogen-bond donors (Lipinski definition) is 0. The van der Waals surface area contributed by atoms with E-state index in [2.05, 4.69) is 4.29 Å². The fourth-order valence-corrected chi connectivity index (χ4v) is 0.970. The number of halogens is 1. The number of nitrogens with zero attached hydrogens (tertiary/aromatic N) is 1. The van der Waals surface area contributed by atoms with Gasteiger partial charge in [0.2, 0.25) is 0 Å². The summed E-state index contributed by atoms with van der Waals surface area (Å²) >= 11 is 4.76. The molecule has 0 bridgehead atoms. The monoisotopic (exact) mass is 203 g/mol. The minimum absolute atomic E-state index is 0.00375. The summed E-state index contributed by atoms with van der Waals surface area (Å²) in [5.74, 6) is -1.52. The zero-order chi connectivity index (χ0) is 9.84. The van der Waals surface area contributed by atoms with Gasteiger partial charge in [0.05, 0.1) is 6.42 Å². The Morgan fingerprint density at radius 1 is 1.38 bits per heavy atom. The average molecular weight is 204 g/mol. The van der Waals surface area contributed by atoms with Gasteiger partial charge in [-0.25, -0.2) is 0 Å². The molecule has 1 heterocycles. The van der Waals surface area contributed by atoms with E-state index in [-0.39, 0.29) is 13.0 Å². The topological polar surface area (TPSA) is 63.7 Å². The number of carbonyl (C=O) groups is 3. The smallest absolute Gasteiger partial charge is 0.326 e. The number of imide groups is 1. The zero-order valence-corrected chi connectivity index (χ0v) is 7.28. The molecule has 0 N–H and O–H groups in total. The van der Waals surface area contributed by atoms with Gasteiger partial charge in [0.25, 0.3) is 11.8 Å². The molecule has 0 saturated heterocycles. The van der Waals surface area contributed by atoms with Gasteiger partial charge in [-0.05, 0) is 0 Å². The highest BCUT2D eigenvalue weighted by Crippen LogP contribution is 2.04. The first-order valence-corrected chi connectivity index (χ1v) is 3.81. The second kappa shape index (κ2) is 4.04. The molecular formula is C7H6ClNO4. The maximum atomic E-state index is 10.9. The molecular weight excluding hydrogens is 198 g/mol. The van der Waals surface area contributed by atoms with E-state index in [1.54, 1.807) is 0 Å². The zero-order valence-electron chi connectivity index (χ0n) is 6.53. The molecule has 1 rings (SSSR count). The van der Waals surface area contributed by atoms with Crippen molar-refractivity contribution in [3.8, 4) is 0 Å². The van der Waals surface area contributed by atoms with Gasteiger partial charge < -0.3 is 4.29 Å². The minimum Gasteiger partial charge on any atom is -0.348 e. The first-order valence-electron chi connectivity index (χ1n) is 3.50. The van der Waals surface area contributed by atoms with Crippen LogP contribution in [0.2, 0.25) is 0 Å². The van der Waals surface area contributed by atoms with Crippen LogP contribution in [-0.2, 0) is 18.7 Å². The predicted octanol–water partition coefficient (Wildman–Crippen LogP) is -0.00150. The van der Waals surface area contributed by atoms with Gasteiger partial charge in [-0.3, -0.25) is 19.3 Å². The number of hydrogen-bond acceptors (Lipinski definition) is 4. The van der Waals surface area contributed by atoms with Crippen molar-refractivity contribution in [2.75, 3.05) is 6.54 Å². The van der Waals surface area contributed by atoms with Gasteiger partial charge in [0.1, 0.15) is 11.9 Å². The van der Waals surface area contributed by atoms with E-state index >= 15 is 0 Å². The summed E-state index contributed by atoms with van der Waals surface area (Å²) in [4.78, 5) is 33.3. The summed E-state index contributed by atoms with van der Waals surface area (Å²) in [6.45, 7) is -0.00375. The van der Waals surface area contributed by atoms with E-state index in [0.29, 0.717) is 0 Å². The fraction of sp³-hybridized carbons (Fsp3) is 0.286. The van der Waals surface area contributed by atoms with Crippen molar-refractivity contribution in [2.24, 2.45) is 0 Å². The summed E-state index contributed by atoms with van der Waals surface area (Å²) in [5, 5.41) is 0. The third-order valence-electron chi connectivity index (χ3n) is 1.53. The SMILES string of the molecule is O=C(CCN1C(=O)C=CC1=O)OCl. The highest BCUT2D eigenvalue weighted by Gasteiger charge is 2.23. The molecule has 0 fully saturated rings. The second-order valence-corrected chi connectivity index (χ2v) is 2.51. The quantitative estimate of drug-likeness (QED) is 0.606. The van der Waals surface area contributed by atoms with Gasteiger partial charge in [0.15, 0.2) is 0 Å². The van der Waals surface area contributed by atoms with Crippen molar-refractivity contribution in [2.45, 2.75) is 6.42 Å². The van der Waals surface area contributed by atoms with Gasteiger partial charge in [0, 0.05) is 18.7 Å². The number of amides is 2. The normalized spacial score (nSPS) is 15.3. The lowest BCUT2D eigenvalue weighted by Crippen LogP contribution is -2.32. The van der Waals surface area contributed by atoms with Gasteiger partial charge in [-0.2, -0.15) is 0 Å². The van der Waals surface area contributed by atoms with Crippen LogP contribution in [0.1, 0.15) is 6.42 Å². The molecule has 1 aliphatic rings. The standard InChI is InChI=1S/C7H6ClNO4/c8-13-7(12)3-4-9-5(10)1-2-6(9)11/h1-2H,3-4H2. The largest absolute Gasteiger partial charge is 0.348 e. The predicted molar refractivity (Wildman–Crippen MR) is 42.4 cm³/mol. The Morgan fingerprint density at radius 3 is 2.38 bits per heavy atom. The maximum Gasteiger partial charge on any atom is 0.326 e. The fourth-order valence-electron chi connectivity index (χ4n) is 0.893. The molecule has 5 nitrogen and oxygen atoms in total. The molecule has 1 aliphatic heterocycles. The van der Waals surface area contributed by atoms with Gasteiger partial charge in [-0.15, -0.1) is 0 Å². The van der Waals surface area contributed by atoms with Gasteiger partial charge in [-0.1, -0.05) is 0 Å². The van der Waals surface area contributed by atoms with Crippen molar-refractivity contribution in [3.05, 3.63) is 12.2 Å². The van der Waals surface area contributed by atoms with Crippen LogP contribution in [0.5, 0.6) is 0 Å². The molecule has 13 heavy (non-hydrogen) atoms. The molecule has 0 atom stereocenters. The molecule has 0 aromatic rings. The van der Waals surface area contributed by atoms with Crippen LogP contribution in [0.15, 0.2) is 12.2 Å². The Balaban J connectivity index is 2.42. The second-order valence-electron chi connectivity index (χ2n) is 2.36. The third-order valence-corrected chi connectivity index (χ3v) is 1.70. The molecule has 0 saturated carbocycles. The van der Waals surface area contributed by atoms with E-state index in [4.69, 9.17) is 11.9 Å². The van der Waals surface area contributed by atoms with Crippen LogP contribution in [0.3, 0.4) is 0 Å². The number of rotatable bonds is 3. The van der Waals surface area contributed by atoms with Crippen molar-refractivity contribution in [1.82, 2.24) is 4.90 Å². The van der Waals surface area contributed by atoms with Crippen molar-refractivity contribution < 1.29 is 18.7 Å². The number of carbonyl (C=O) groups excluding carboxylic acids is 3. The van der Waals surface area contributed by atoms with Crippen LogP contribution >= 0.6 is 11.9 Å². The van der Waals surface area contributed by atoms with E-state index in [1.165, 1.54) is 0 Å². The van der Waals surface area contributed by atoms with E-state index < -0.39 is 17.8 Å². The molecule has 0 aromatic carbocycles. The summed E-state index contributed by atoms with van der Waals surface area (Å²) in [6.07, 6.45) is 2.20. The molecule has 0 aliphatic carbocycles. The summed E-state index contributed by atoms with van der Waals surface area (Å²) < 4.78 is 3.84. The first kappa shape index (κ1) is 9.73. The molecule has 0 unspecified atom stereocenters. The Bertz CT molecular complexity index is 268. The van der Waals surface area contributed by atoms with Crippen LogP contribution in [0.25, 0.3) is 0 Å². The average Bonchev–Trinajstić information content (AvgIpc) is 2.43. The minimum atomic E-state index is -0.672. The Labute approximate surface area is 79.1 Å². The molecule has 0 spiro atoms. The molecule has 6 heteroatoms. The summed E-state index contributed by atoms with van der Waals surface area (Å²) in [6, 6.07) is 0. The van der Waals surface area contributed by atoms with Crippen LogP contribution in [-0.4, -0.2) is 29.2 Å². The van der Waals surface area contributed by atoms with Crippen LogP contribution in [0.4, 0.5) is 0 Å². The van der Waals surface area contributed by atoms with Crippen LogP contribution in [0, 0.1) is 0 Å². The molecule has 0 radical (unpaired) electrons. The lowest BCUT2D eigenvalue weighted by atomic mass is 10.4. The van der Waals surface area contributed by atoms with E-state index in [9.17, 15) is 14.4 Å². The van der Waals surface area contributed by atoms with Gasteiger partial charge >= 0.3 is 5.97 Å². The molecule has 70 valence electrons. The highest BCUT2D eigenvalue weighted by molar-refractivity contribution is 6.14.